The van der Waals surface area contributed by atoms with Crippen LogP contribution in [0.5, 0.6) is 0 Å². The first-order chi connectivity index (χ1) is 25.1. The van der Waals surface area contributed by atoms with Crippen molar-refractivity contribution < 1.29 is 50.6 Å². The molecule has 13 nitrogen and oxygen atoms in total. The summed E-state index contributed by atoms with van der Waals surface area (Å²) < 4.78 is 67.0. The van der Waals surface area contributed by atoms with Crippen molar-refractivity contribution in [2.75, 3.05) is 41.7 Å². The lowest BCUT2D eigenvalue weighted by molar-refractivity contribution is -0.193. The van der Waals surface area contributed by atoms with Gasteiger partial charge in [-0.3, -0.25) is 9.59 Å². The van der Waals surface area contributed by atoms with E-state index < -0.39 is 42.0 Å². The van der Waals surface area contributed by atoms with Crippen molar-refractivity contribution in [2.45, 2.75) is 69.9 Å². The number of carboxylic acids is 1. The quantitative estimate of drug-likeness (QED) is 0.134. The maximum absolute atomic E-state index is 12.4. The van der Waals surface area contributed by atoms with Gasteiger partial charge >= 0.3 is 35.9 Å². The number of carbonyl (C=O) groups is 4. The number of piperidine rings is 1. The Morgan fingerprint density at radius 1 is 0.962 bits per heavy atom. The van der Waals surface area contributed by atoms with Crippen LogP contribution in [0.4, 0.5) is 48.6 Å². The molecule has 1 aromatic carbocycles. The number of hydrogen-bond acceptors (Lipinski definition) is 10. The van der Waals surface area contributed by atoms with E-state index in [-0.39, 0.29) is 6.54 Å². The van der Waals surface area contributed by atoms with Crippen LogP contribution < -0.4 is 26.2 Å². The number of ketones is 2. The highest BCUT2D eigenvalue weighted by atomic mass is 19.4. The molecule has 0 bridgehead atoms. The van der Waals surface area contributed by atoms with E-state index in [0.29, 0.717) is 24.7 Å². The number of aromatic nitrogens is 3. The van der Waals surface area contributed by atoms with Crippen molar-refractivity contribution in [1.29, 1.82) is 0 Å². The highest BCUT2D eigenvalue weighted by Gasteiger charge is 2.54. The van der Waals surface area contributed by atoms with E-state index in [9.17, 15) is 50.6 Å². The number of aliphatic carboxylic acids is 1. The Balaban J connectivity index is 0.000000450. The first-order valence-electron chi connectivity index (χ1n) is 16.7. The maximum Gasteiger partial charge on any atom is 0.458 e. The number of nitrogens with zero attached hydrogens (tertiary/aromatic N) is 4. The molecule has 2 aromatic heterocycles. The fourth-order valence-electron chi connectivity index (χ4n) is 5.76. The fraction of sp³-hybridized carbons (Fsp3) is 0.441. The van der Waals surface area contributed by atoms with Gasteiger partial charge in [0, 0.05) is 49.9 Å². The van der Waals surface area contributed by atoms with Gasteiger partial charge in [-0.2, -0.15) is 26.3 Å². The number of fused-ring (bicyclic) bond motifs is 1. The van der Waals surface area contributed by atoms with Crippen molar-refractivity contribution in [3.8, 4) is 0 Å². The number of urea groups is 1. The number of pyridine rings is 1. The van der Waals surface area contributed by atoms with Gasteiger partial charge in [0.05, 0.1) is 0 Å². The van der Waals surface area contributed by atoms with Crippen molar-refractivity contribution in [3.63, 3.8) is 0 Å². The van der Waals surface area contributed by atoms with Crippen LogP contribution in [0.25, 0.3) is 0 Å². The topological polar surface area (TPSA) is 179 Å². The molecule has 4 heterocycles. The fourth-order valence-corrected chi connectivity index (χ4v) is 5.76. The number of hydrogen-bond donors (Lipinski definition) is 5. The van der Waals surface area contributed by atoms with Crippen molar-refractivity contribution in [1.82, 2.24) is 25.6 Å². The minimum atomic E-state index is -5.77. The first-order valence-corrected chi connectivity index (χ1v) is 16.7. The molecule has 1 saturated heterocycles. The monoisotopic (exact) mass is 752 g/mol. The minimum Gasteiger partial charge on any atom is -0.480 e. The van der Waals surface area contributed by atoms with Crippen LogP contribution in [0.3, 0.4) is 0 Å². The van der Waals surface area contributed by atoms with Gasteiger partial charge in [0.15, 0.2) is 0 Å². The molecule has 2 aliphatic heterocycles. The normalized spacial score (nSPS) is 15.1. The summed E-state index contributed by atoms with van der Waals surface area (Å²) in [6.07, 6.45) is -5.16. The SMILES string of the molecule is CCc1c(NC[C@H](NC(=O)NCc2ccccc2)C(=O)O)ncnc1N1CCC(c2ccc3c(n2)NCCC3)CC1.O=C(C(=O)C(F)(F)F)C(F)(F)F. The predicted molar refractivity (Wildman–Crippen MR) is 180 cm³/mol. The Morgan fingerprint density at radius 3 is 2.23 bits per heavy atom. The summed E-state index contributed by atoms with van der Waals surface area (Å²) in [5, 5.41) is 21.6. The maximum atomic E-state index is 12.4. The first kappa shape index (κ1) is 40.3. The largest absolute Gasteiger partial charge is 0.480 e. The van der Waals surface area contributed by atoms with E-state index in [2.05, 4.69) is 48.3 Å². The van der Waals surface area contributed by atoms with Crippen LogP contribution in [0.2, 0.25) is 0 Å². The average molecular weight is 753 g/mol. The van der Waals surface area contributed by atoms with Gasteiger partial charge in [-0.05, 0) is 49.3 Å². The van der Waals surface area contributed by atoms with Gasteiger partial charge < -0.3 is 31.3 Å². The van der Waals surface area contributed by atoms with Crippen LogP contribution in [-0.2, 0) is 33.8 Å². The molecule has 0 unspecified atom stereocenters. The summed E-state index contributed by atoms with van der Waals surface area (Å²) in [5.74, 6) is -5.06. The Bertz CT molecular complexity index is 1730. The Hall–Kier alpha value is -5.49. The third-order valence-electron chi connectivity index (χ3n) is 8.50. The van der Waals surface area contributed by atoms with E-state index >= 15 is 0 Å². The molecule has 286 valence electrons. The second-order valence-corrected chi connectivity index (χ2v) is 12.2. The molecule has 0 spiro atoms. The number of halogens is 6. The van der Waals surface area contributed by atoms with E-state index in [1.54, 1.807) is 0 Å². The number of nitrogens with one attached hydrogen (secondary N) is 4. The van der Waals surface area contributed by atoms with E-state index in [1.165, 1.54) is 11.9 Å². The smallest absolute Gasteiger partial charge is 0.458 e. The van der Waals surface area contributed by atoms with Gasteiger partial charge in [0.2, 0.25) is 0 Å². The lowest BCUT2D eigenvalue weighted by atomic mass is 9.92. The summed E-state index contributed by atoms with van der Waals surface area (Å²) in [4.78, 5) is 59.7. The molecule has 53 heavy (non-hydrogen) atoms. The van der Waals surface area contributed by atoms with Gasteiger partial charge in [-0.15, -0.1) is 0 Å². The van der Waals surface area contributed by atoms with Crippen LogP contribution in [0, 0.1) is 0 Å². The van der Waals surface area contributed by atoms with Crippen LogP contribution >= 0.6 is 0 Å². The van der Waals surface area contributed by atoms with Crippen molar-refractivity contribution in [3.05, 3.63) is 71.2 Å². The number of amides is 2. The molecule has 1 fully saturated rings. The Kier molecular flexibility index (Phi) is 13.5. The van der Waals surface area contributed by atoms with E-state index in [1.807, 2.05) is 37.3 Å². The lowest BCUT2D eigenvalue weighted by Gasteiger charge is -2.34. The zero-order chi connectivity index (χ0) is 38.8. The summed E-state index contributed by atoms with van der Waals surface area (Å²) in [5.41, 5.74) is 4.31. The van der Waals surface area contributed by atoms with Crippen LogP contribution in [-0.4, -0.2) is 88.2 Å². The highest BCUT2D eigenvalue weighted by Crippen LogP contribution is 2.33. The molecule has 2 aliphatic rings. The zero-order valence-electron chi connectivity index (χ0n) is 28.5. The number of alkyl halides is 6. The second kappa shape index (κ2) is 17.8. The summed E-state index contributed by atoms with van der Waals surface area (Å²) in [6.45, 7) is 5.00. The van der Waals surface area contributed by atoms with E-state index in [4.69, 9.17) is 4.98 Å². The molecule has 19 heteroatoms. The van der Waals surface area contributed by atoms with Crippen molar-refractivity contribution >= 4 is 41.0 Å². The number of carbonyl (C=O) groups excluding carboxylic acids is 3. The molecule has 2 amide bonds. The number of anilines is 3. The van der Waals surface area contributed by atoms with Gasteiger partial charge in [0.25, 0.3) is 0 Å². The van der Waals surface area contributed by atoms with Gasteiger partial charge in [-0.1, -0.05) is 43.3 Å². The average Bonchev–Trinajstić information content (AvgIpc) is 3.14. The third-order valence-corrected chi connectivity index (χ3v) is 8.50. The summed E-state index contributed by atoms with van der Waals surface area (Å²) >= 11 is 0. The number of aryl methyl sites for hydroxylation is 1. The number of rotatable bonds is 11. The number of carboxylic acid groups (broad SMARTS) is 1. The minimum absolute atomic E-state index is 0.0162. The Labute approximate surface area is 300 Å². The highest BCUT2D eigenvalue weighted by molar-refractivity contribution is 6.41. The molecular weight excluding hydrogens is 714 g/mol. The third kappa shape index (κ3) is 11.2. The molecule has 3 aromatic rings. The number of benzene rings is 1. The predicted octanol–water partition coefficient (Wildman–Crippen LogP) is 4.79. The Morgan fingerprint density at radius 2 is 1.62 bits per heavy atom. The second-order valence-electron chi connectivity index (χ2n) is 12.2. The van der Waals surface area contributed by atoms with Crippen LogP contribution in [0.15, 0.2) is 48.8 Å². The van der Waals surface area contributed by atoms with Crippen LogP contribution in [0.1, 0.15) is 54.5 Å². The molecule has 5 rings (SSSR count). The zero-order valence-corrected chi connectivity index (χ0v) is 28.5. The molecular formula is C34H38F6N8O5. The molecule has 0 radical (unpaired) electrons. The van der Waals surface area contributed by atoms with Crippen molar-refractivity contribution in [2.24, 2.45) is 0 Å². The standard InChI is InChI=1S/C30H38N8O3.C4F6O2/c1-2-23-27(32-18-25(29(39)40)37-30(41)33-17-20-7-4-3-5-8-20)34-19-35-28(23)38-15-12-21(13-16-38)24-11-10-22-9-6-14-31-26(22)36-24;5-3(6,7)1(11)2(12)4(8,9)10/h3-5,7-8,10-11,19,21,25H,2,6,9,12-18H2,1H3,(H,31,36)(H,39,40)(H,32,34,35)(H2,33,37,41);/t25-;/m0./s1. The summed E-state index contributed by atoms with van der Waals surface area (Å²) in [7, 11) is 0. The lowest BCUT2D eigenvalue weighted by Crippen LogP contribution is -2.49. The van der Waals surface area contributed by atoms with E-state index in [0.717, 1.165) is 73.8 Å². The van der Waals surface area contributed by atoms with Gasteiger partial charge in [-0.25, -0.2) is 24.5 Å². The molecule has 0 saturated carbocycles. The molecule has 5 N–H and O–H groups in total. The molecule has 0 aliphatic carbocycles. The molecule has 1 atom stereocenters. The van der Waals surface area contributed by atoms with Gasteiger partial charge in [0.1, 0.15) is 29.8 Å². The number of Topliss-reactive ketones (excluding diaryl/α,β-unsaturated/α-hetero) is 2. The summed E-state index contributed by atoms with van der Waals surface area (Å²) in [6, 6.07) is 12.2.